The van der Waals surface area contributed by atoms with E-state index in [0.29, 0.717) is 23.7 Å². The third kappa shape index (κ3) is 4.24. The molecule has 0 atom stereocenters. The Bertz CT molecular complexity index is 904. The molecule has 0 aliphatic heterocycles. The highest BCUT2D eigenvalue weighted by Gasteiger charge is 2.14. The fourth-order valence-corrected chi connectivity index (χ4v) is 2.73. The number of hydrogen-bond acceptors (Lipinski definition) is 3. The summed E-state index contributed by atoms with van der Waals surface area (Å²) in [7, 11) is 0. The Labute approximate surface area is 157 Å². The van der Waals surface area contributed by atoms with E-state index in [2.05, 4.69) is 10.4 Å². The van der Waals surface area contributed by atoms with Crippen molar-refractivity contribution in [3.63, 3.8) is 0 Å². The molecule has 3 aromatic rings. The Balaban J connectivity index is 1.57. The lowest BCUT2D eigenvalue weighted by molar-refractivity contribution is 0.0946. The number of nitrogens with one attached hydrogen (secondary N) is 1. The molecular weight excluding hydrogens is 350 g/mol. The number of carbonyl (C=O) groups excluding carboxylic acids is 1. The van der Waals surface area contributed by atoms with E-state index < -0.39 is 0 Å². The second-order valence-corrected chi connectivity index (χ2v) is 6.39. The van der Waals surface area contributed by atoms with Crippen LogP contribution < -0.4 is 10.1 Å². The van der Waals surface area contributed by atoms with Crippen LogP contribution in [0.25, 0.3) is 5.69 Å². The van der Waals surface area contributed by atoms with Gasteiger partial charge in [0.1, 0.15) is 12.4 Å². The minimum Gasteiger partial charge on any atom is -0.492 e. The summed E-state index contributed by atoms with van der Waals surface area (Å²) in [6.07, 6.45) is 1.57. The number of aromatic nitrogens is 2. The Morgan fingerprint density at radius 1 is 1.19 bits per heavy atom. The number of benzene rings is 2. The van der Waals surface area contributed by atoms with Crippen LogP contribution in [0.2, 0.25) is 5.02 Å². The average molecular weight is 370 g/mol. The van der Waals surface area contributed by atoms with E-state index in [1.807, 2.05) is 50.2 Å². The minimum absolute atomic E-state index is 0.171. The molecule has 0 aliphatic carbocycles. The summed E-state index contributed by atoms with van der Waals surface area (Å²) < 4.78 is 7.36. The number of carbonyl (C=O) groups is 1. The van der Waals surface area contributed by atoms with Crippen molar-refractivity contribution >= 4 is 17.5 Å². The molecule has 134 valence electrons. The quantitative estimate of drug-likeness (QED) is 0.669. The van der Waals surface area contributed by atoms with Crippen LogP contribution >= 0.6 is 11.6 Å². The van der Waals surface area contributed by atoms with Gasteiger partial charge in [0, 0.05) is 5.02 Å². The second-order valence-electron chi connectivity index (χ2n) is 5.95. The number of nitrogens with zero attached hydrogens (tertiary/aromatic N) is 2. The molecule has 0 saturated carbocycles. The van der Waals surface area contributed by atoms with Gasteiger partial charge in [0.25, 0.3) is 5.91 Å². The van der Waals surface area contributed by atoms with Crippen LogP contribution in [0, 0.1) is 13.8 Å². The van der Waals surface area contributed by atoms with Gasteiger partial charge in [-0.1, -0.05) is 23.7 Å². The Hall–Kier alpha value is -2.79. The molecule has 0 fully saturated rings. The zero-order valence-electron chi connectivity index (χ0n) is 14.7. The van der Waals surface area contributed by atoms with E-state index in [1.54, 1.807) is 23.0 Å². The Kier molecular flexibility index (Phi) is 5.58. The van der Waals surface area contributed by atoms with Crippen molar-refractivity contribution < 1.29 is 9.53 Å². The van der Waals surface area contributed by atoms with Crippen molar-refractivity contribution in [3.05, 3.63) is 76.6 Å². The first-order chi connectivity index (χ1) is 12.5. The van der Waals surface area contributed by atoms with Gasteiger partial charge in [0.2, 0.25) is 0 Å². The van der Waals surface area contributed by atoms with Crippen molar-refractivity contribution in [1.82, 2.24) is 15.1 Å². The van der Waals surface area contributed by atoms with Gasteiger partial charge in [0.15, 0.2) is 0 Å². The highest BCUT2D eigenvalue weighted by atomic mass is 35.5. The van der Waals surface area contributed by atoms with E-state index in [0.717, 1.165) is 22.7 Å². The Morgan fingerprint density at radius 2 is 1.96 bits per heavy atom. The van der Waals surface area contributed by atoms with Crippen LogP contribution in [-0.2, 0) is 0 Å². The van der Waals surface area contributed by atoms with Gasteiger partial charge in [-0.25, -0.2) is 4.68 Å². The topological polar surface area (TPSA) is 56.1 Å². The van der Waals surface area contributed by atoms with Crippen molar-refractivity contribution in [2.24, 2.45) is 0 Å². The fourth-order valence-electron chi connectivity index (χ4n) is 2.61. The summed E-state index contributed by atoms with van der Waals surface area (Å²) in [6.45, 7) is 4.69. The van der Waals surface area contributed by atoms with Gasteiger partial charge >= 0.3 is 0 Å². The lowest BCUT2D eigenvalue weighted by Crippen LogP contribution is -2.28. The average Bonchev–Trinajstić information content (AvgIpc) is 3.01. The summed E-state index contributed by atoms with van der Waals surface area (Å²) in [5.74, 6) is 0.626. The summed E-state index contributed by atoms with van der Waals surface area (Å²) in [5.41, 5.74) is 3.30. The van der Waals surface area contributed by atoms with Crippen molar-refractivity contribution in [2.45, 2.75) is 13.8 Å². The molecule has 0 bridgehead atoms. The van der Waals surface area contributed by atoms with Crippen molar-refractivity contribution in [1.29, 1.82) is 0 Å². The van der Waals surface area contributed by atoms with E-state index in [4.69, 9.17) is 16.3 Å². The molecule has 0 radical (unpaired) electrons. The second kappa shape index (κ2) is 8.06. The number of rotatable bonds is 6. The number of hydrogen-bond donors (Lipinski definition) is 1. The summed E-state index contributed by atoms with van der Waals surface area (Å²) >= 11 is 5.91. The van der Waals surface area contributed by atoms with Crippen LogP contribution in [0.1, 0.15) is 21.6 Å². The van der Waals surface area contributed by atoms with Crippen LogP contribution in [0.15, 0.2) is 54.7 Å². The van der Waals surface area contributed by atoms with Gasteiger partial charge in [-0.05, 0) is 55.8 Å². The van der Waals surface area contributed by atoms with Crippen LogP contribution in [0.4, 0.5) is 0 Å². The van der Waals surface area contributed by atoms with Crippen LogP contribution in [-0.4, -0.2) is 28.8 Å². The highest BCUT2D eigenvalue weighted by molar-refractivity contribution is 6.30. The van der Waals surface area contributed by atoms with E-state index in [1.165, 1.54) is 0 Å². The maximum atomic E-state index is 12.4. The first-order valence-electron chi connectivity index (χ1n) is 8.33. The van der Waals surface area contributed by atoms with Gasteiger partial charge < -0.3 is 10.1 Å². The molecule has 0 aliphatic rings. The maximum absolute atomic E-state index is 12.4. The Morgan fingerprint density at radius 3 is 2.69 bits per heavy atom. The molecule has 0 spiro atoms. The predicted octanol–water partition coefficient (Wildman–Crippen LogP) is 3.95. The third-order valence-electron chi connectivity index (χ3n) is 3.97. The standard InChI is InChI=1S/C20H20ClN3O2/c1-14-4-3-5-18(12-14)26-11-10-22-20(25)19-13-23-24(15(19)2)17-8-6-16(21)7-9-17/h3-9,12-13H,10-11H2,1-2H3,(H,22,25). The van der Waals surface area contributed by atoms with Gasteiger partial charge in [-0.2, -0.15) is 5.10 Å². The van der Waals surface area contributed by atoms with Gasteiger partial charge in [-0.3, -0.25) is 4.79 Å². The lowest BCUT2D eigenvalue weighted by atomic mass is 10.2. The molecule has 26 heavy (non-hydrogen) atoms. The summed E-state index contributed by atoms with van der Waals surface area (Å²) in [5, 5.41) is 7.82. The minimum atomic E-state index is -0.171. The van der Waals surface area contributed by atoms with Crippen LogP contribution in [0.5, 0.6) is 5.75 Å². The summed E-state index contributed by atoms with van der Waals surface area (Å²) in [4.78, 5) is 12.4. The van der Waals surface area contributed by atoms with Crippen molar-refractivity contribution in [2.75, 3.05) is 13.2 Å². The number of aryl methyl sites for hydroxylation is 1. The van der Waals surface area contributed by atoms with Gasteiger partial charge in [-0.15, -0.1) is 0 Å². The third-order valence-corrected chi connectivity index (χ3v) is 4.22. The molecule has 6 heteroatoms. The van der Waals surface area contributed by atoms with E-state index in [9.17, 15) is 4.79 Å². The first-order valence-corrected chi connectivity index (χ1v) is 8.70. The summed E-state index contributed by atoms with van der Waals surface area (Å²) in [6, 6.07) is 15.1. The molecule has 1 N–H and O–H groups in total. The van der Waals surface area contributed by atoms with E-state index in [-0.39, 0.29) is 5.91 Å². The zero-order chi connectivity index (χ0) is 18.5. The SMILES string of the molecule is Cc1cccc(OCCNC(=O)c2cnn(-c3ccc(Cl)cc3)c2C)c1. The normalized spacial score (nSPS) is 10.6. The smallest absolute Gasteiger partial charge is 0.254 e. The number of halogens is 1. The van der Waals surface area contributed by atoms with Crippen LogP contribution in [0.3, 0.4) is 0 Å². The van der Waals surface area contributed by atoms with Crippen molar-refractivity contribution in [3.8, 4) is 11.4 Å². The molecule has 5 nitrogen and oxygen atoms in total. The zero-order valence-corrected chi connectivity index (χ0v) is 15.5. The first kappa shape index (κ1) is 18.0. The fraction of sp³-hybridized carbons (Fsp3) is 0.200. The highest BCUT2D eigenvalue weighted by Crippen LogP contribution is 2.17. The maximum Gasteiger partial charge on any atom is 0.254 e. The molecule has 2 aromatic carbocycles. The number of amides is 1. The van der Waals surface area contributed by atoms with E-state index >= 15 is 0 Å². The largest absolute Gasteiger partial charge is 0.492 e. The molecule has 3 rings (SSSR count). The number of ether oxygens (including phenoxy) is 1. The molecule has 1 heterocycles. The molecule has 1 amide bonds. The molecule has 1 aromatic heterocycles. The molecule has 0 saturated heterocycles. The predicted molar refractivity (Wildman–Crippen MR) is 102 cm³/mol. The van der Waals surface area contributed by atoms with Gasteiger partial charge in [0.05, 0.1) is 29.7 Å². The molecular formula is C20H20ClN3O2. The molecule has 0 unspecified atom stereocenters. The lowest BCUT2D eigenvalue weighted by Gasteiger charge is -2.09. The monoisotopic (exact) mass is 369 g/mol.